The van der Waals surface area contributed by atoms with Gasteiger partial charge in [0, 0.05) is 15.8 Å². The first-order chi connectivity index (χ1) is 8.58. The molecule has 0 aliphatic carbocycles. The van der Waals surface area contributed by atoms with E-state index in [0.717, 1.165) is 17.3 Å². The second-order valence-corrected chi connectivity index (χ2v) is 5.09. The smallest absolute Gasteiger partial charge is 0.137 e. The van der Waals surface area contributed by atoms with Crippen molar-refractivity contribution < 1.29 is 8.78 Å². The van der Waals surface area contributed by atoms with Gasteiger partial charge in [0.25, 0.3) is 0 Å². The molecule has 2 rings (SSSR count). The monoisotopic (exact) mass is 265 g/mol. The van der Waals surface area contributed by atoms with Crippen LogP contribution < -0.4 is 5.73 Å². The molecule has 0 aliphatic rings. The van der Waals surface area contributed by atoms with Gasteiger partial charge >= 0.3 is 0 Å². The highest BCUT2D eigenvalue weighted by atomic mass is 32.2. The molecule has 1 nitrogen and oxygen atoms in total. The summed E-state index contributed by atoms with van der Waals surface area (Å²) in [7, 11) is 0. The molecule has 2 N–H and O–H groups in total. The Bertz CT molecular complexity index is 555. The molecule has 0 saturated carbocycles. The van der Waals surface area contributed by atoms with Crippen molar-refractivity contribution in [1.29, 1.82) is 0 Å². The minimum atomic E-state index is -0.377. The van der Waals surface area contributed by atoms with E-state index in [0.29, 0.717) is 9.79 Å². The fourth-order valence-corrected chi connectivity index (χ4v) is 2.37. The molecule has 0 bridgehead atoms. The van der Waals surface area contributed by atoms with Crippen LogP contribution in [0.1, 0.15) is 18.5 Å². The molecule has 0 radical (unpaired) electrons. The Balaban J connectivity index is 2.28. The lowest BCUT2D eigenvalue weighted by molar-refractivity contribution is 0.592. The summed E-state index contributed by atoms with van der Waals surface area (Å²) in [6, 6.07) is 10.9. The van der Waals surface area contributed by atoms with Gasteiger partial charge in [0.1, 0.15) is 11.6 Å². The van der Waals surface area contributed by atoms with E-state index in [1.54, 1.807) is 37.3 Å². The summed E-state index contributed by atoms with van der Waals surface area (Å²) in [5.41, 5.74) is 6.40. The normalized spacial score (nSPS) is 12.4. The van der Waals surface area contributed by atoms with Crippen LogP contribution in [0, 0.1) is 11.6 Å². The van der Waals surface area contributed by atoms with Gasteiger partial charge in [0.05, 0.1) is 0 Å². The molecule has 0 spiro atoms. The van der Waals surface area contributed by atoms with E-state index in [9.17, 15) is 8.78 Å². The SMILES string of the molecule is C[C@@H](N)c1ccc(Sc2ccccc2F)c(F)c1. The van der Waals surface area contributed by atoms with Crippen molar-refractivity contribution in [3.63, 3.8) is 0 Å². The molecule has 0 fully saturated rings. The third-order valence-corrected chi connectivity index (χ3v) is 3.64. The maximum Gasteiger partial charge on any atom is 0.137 e. The highest BCUT2D eigenvalue weighted by molar-refractivity contribution is 7.99. The number of nitrogens with two attached hydrogens (primary N) is 1. The lowest BCUT2D eigenvalue weighted by Crippen LogP contribution is -2.05. The van der Waals surface area contributed by atoms with Crippen LogP contribution in [0.3, 0.4) is 0 Å². The van der Waals surface area contributed by atoms with E-state index in [4.69, 9.17) is 5.73 Å². The minimum absolute atomic E-state index is 0.216. The molecule has 0 amide bonds. The van der Waals surface area contributed by atoms with Crippen LogP contribution in [0.25, 0.3) is 0 Å². The maximum absolute atomic E-state index is 13.8. The zero-order valence-electron chi connectivity index (χ0n) is 9.86. The van der Waals surface area contributed by atoms with E-state index in [-0.39, 0.29) is 17.7 Å². The lowest BCUT2D eigenvalue weighted by Gasteiger charge is -2.09. The van der Waals surface area contributed by atoms with Crippen LogP contribution >= 0.6 is 11.8 Å². The number of hydrogen-bond donors (Lipinski definition) is 1. The second kappa shape index (κ2) is 5.50. The van der Waals surface area contributed by atoms with Gasteiger partial charge in [0.2, 0.25) is 0 Å². The zero-order chi connectivity index (χ0) is 13.1. The van der Waals surface area contributed by atoms with Gasteiger partial charge in [0.15, 0.2) is 0 Å². The van der Waals surface area contributed by atoms with Crippen LogP contribution in [0.15, 0.2) is 52.3 Å². The molecule has 0 aliphatic heterocycles. The summed E-state index contributed by atoms with van der Waals surface area (Å²) in [6.45, 7) is 1.79. The van der Waals surface area contributed by atoms with Gasteiger partial charge in [-0.1, -0.05) is 30.0 Å². The maximum atomic E-state index is 13.8. The standard InChI is InChI=1S/C14H13F2NS/c1-9(17)10-6-7-14(12(16)8-10)18-13-5-3-2-4-11(13)15/h2-9H,17H2,1H3/t9-/m1/s1. The summed E-state index contributed by atoms with van der Waals surface area (Å²) in [6.07, 6.45) is 0. The largest absolute Gasteiger partial charge is 0.324 e. The average Bonchev–Trinajstić information content (AvgIpc) is 2.34. The van der Waals surface area contributed by atoms with Crippen molar-refractivity contribution in [1.82, 2.24) is 0 Å². The Morgan fingerprint density at radius 1 is 1.00 bits per heavy atom. The van der Waals surface area contributed by atoms with Gasteiger partial charge < -0.3 is 5.73 Å². The molecular weight excluding hydrogens is 252 g/mol. The predicted molar refractivity (Wildman–Crippen MR) is 69.5 cm³/mol. The summed E-state index contributed by atoms with van der Waals surface area (Å²) in [4.78, 5) is 0.800. The van der Waals surface area contributed by atoms with Crippen LogP contribution in [0.2, 0.25) is 0 Å². The molecule has 1 atom stereocenters. The molecular formula is C14H13F2NS. The van der Waals surface area contributed by atoms with Crippen molar-refractivity contribution in [2.45, 2.75) is 22.8 Å². The van der Waals surface area contributed by atoms with E-state index in [1.165, 1.54) is 12.1 Å². The molecule has 94 valence electrons. The molecule has 2 aromatic carbocycles. The molecule has 2 aromatic rings. The number of hydrogen-bond acceptors (Lipinski definition) is 2. The van der Waals surface area contributed by atoms with E-state index in [1.807, 2.05) is 0 Å². The van der Waals surface area contributed by atoms with Crippen LogP contribution in [0.5, 0.6) is 0 Å². The molecule has 4 heteroatoms. The van der Waals surface area contributed by atoms with E-state index < -0.39 is 0 Å². The molecule has 0 unspecified atom stereocenters. The van der Waals surface area contributed by atoms with Crippen molar-refractivity contribution in [2.75, 3.05) is 0 Å². The summed E-state index contributed by atoms with van der Waals surface area (Å²) < 4.78 is 27.3. The Morgan fingerprint density at radius 2 is 1.67 bits per heavy atom. The Morgan fingerprint density at radius 3 is 2.28 bits per heavy atom. The molecule has 0 aromatic heterocycles. The highest BCUT2D eigenvalue weighted by Gasteiger charge is 2.09. The lowest BCUT2D eigenvalue weighted by atomic mass is 10.1. The Hall–Kier alpha value is -1.39. The number of benzene rings is 2. The average molecular weight is 265 g/mol. The second-order valence-electron chi connectivity index (χ2n) is 4.01. The first-order valence-electron chi connectivity index (χ1n) is 5.55. The molecule has 0 saturated heterocycles. The topological polar surface area (TPSA) is 26.0 Å². The van der Waals surface area contributed by atoms with Crippen molar-refractivity contribution in [3.8, 4) is 0 Å². The minimum Gasteiger partial charge on any atom is -0.324 e. The molecule has 18 heavy (non-hydrogen) atoms. The Kier molecular flexibility index (Phi) is 3.99. The third kappa shape index (κ3) is 2.89. The Labute approximate surface area is 109 Å². The fourth-order valence-electron chi connectivity index (χ4n) is 1.53. The summed E-state index contributed by atoms with van der Waals surface area (Å²) in [5.74, 6) is -0.726. The fraction of sp³-hybridized carbons (Fsp3) is 0.143. The van der Waals surface area contributed by atoms with Gasteiger partial charge in [-0.15, -0.1) is 0 Å². The van der Waals surface area contributed by atoms with Crippen molar-refractivity contribution in [3.05, 3.63) is 59.7 Å². The van der Waals surface area contributed by atoms with Crippen LogP contribution in [0.4, 0.5) is 8.78 Å². The van der Waals surface area contributed by atoms with Crippen LogP contribution in [-0.2, 0) is 0 Å². The zero-order valence-corrected chi connectivity index (χ0v) is 10.7. The van der Waals surface area contributed by atoms with Gasteiger partial charge in [-0.05, 0) is 36.8 Å². The number of halogens is 2. The first kappa shape index (κ1) is 13.1. The molecule has 0 heterocycles. The van der Waals surface area contributed by atoms with Gasteiger partial charge in [-0.3, -0.25) is 0 Å². The van der Waals surface area contributed by atoms with Crippen molar-refractivity contribution in [2.24, 2.45) is 5.73 Å². The van der Waals surface area contributed by atoms with Gasteiger partial charge in [-0.25, -0.2) is 8.78 Å². The summed E-state index contributed by atoms with van der Waals surface area (Å²) in [5, 5.41) is 0. The van der Waals surface area contributed by atoms with E-state index >= 15 is 0 Å². The third-order valence-electron chi connectivity index (χ3n) is 2.54. The van der Waals surface area contributed by atoms with E-state index in [2.05, 4.69) is 0 Å². The van der Waals surface area contributed by atoms with Crippen LogP contribution in [-0.4, -0.2) is 0 Å². The highest BCUT2D eigenvalue weighted by Crippen LogP contribution is 2.32. The quantitative estimate of drug-likeness (QED) is 0.902. The van der Waals surface area contributed by atoms with Crippen molar-refractivity contribution >= 4 is 11.8 Å². The first-order valence-corrected chi connectivity index (χ1v) is 6.37. The summed E-state index contributed by atoms with van der Waals surface area (Å²) >= 11 is 1.07. The predicted octanol–water partition coefficient (Wildman–Crippen LogP) is 4.14. The number of rotatable bonds is 3. The van der Waals surface area contributed by atoms with Gasteiger partial charge in [-0.2, -0.15) is 0 Å².